The van der Waals surface area contributed by atoms with Crippen LogP contribution in [0.15, 0.2) is 24.3 Å². The van der Waals surface area contributed by atoms with Gasteiger partial charge in [-0.1, -0.05) is 38.1 Å². The van der Waals surface area contributed by atoms with Gasteiger partial charge in [0, 0.05) is 25.6 Å². The minimum absolute atomic E-state index is 0.334. The van der Waals surface area contributed by atoms with Crippen LogP contribution in [0.2, 0.25) is 0 Å². The normalized spacial score (nSPS) is 25.0. The average molecular weight is 329 g/mol. The van der Waals surface area contributed by atoms with Crippen LogP contribution in [0.5, 0.6) is 0 Å². The molecule has 1 unspecified atom stereocenters. The zero-order chi connectivity index (χ0) is 16.9. The van der Waals surface area contributed by atoms with Crippen molar-refractivity contribution in [3.63, 3.8) is 0 Å². The highest BCUT2D eigenvalue weighted by Crippen LogP contribution is 2.30. The summed E-state index contributed by atoms with van der Waals surface area (Å²) in [6.07, 6.45) is 6.56. The minimum Gasteiger partial charge on any atom is -0.343 e. The first-order valence-electron chi connectivity index (χ1n) is 9.74. The molecule has 24 heavy (non-hydrogen) atoms. The Morgan fingerprint density at radius 3 is 2.79 bits per heavy atom. The molecule has 1 aromatic carbocycles. The number of nitrogens with zero attached hydrogens (tertiary/aromatic N) is 1. The minimum atomic E-state index is 0.334. The van der Waals surface area contributed by atoms with Gasteiger partial charge in [0.25, 0.3) is 0 Å². The first kappa shape index (κ1) is 17.5. The third-order valence-corrected chi connectivity index (χ3v) is 5.67. The van der Waals surface area contributed by atoms with Crippen molar-refractivity contribution < 1.29 is 4.79 Å². The summed E-state index contributed by atoms with van der Waals surface area (Å²) in [5.41, 5.74) is 2.88. The maximum absolute atomic E-state index is 12.5. The largest absolute Gasteiger partial charge is 0.343 e. The Balaban J connectivity index is 1.59. The molecule has 0 spiro atoms. The Morgan fingerprint density at radius 2 is 2.04 bits per heavy atom. The molecule has 0 aliphatic carbocycles. The number of hydrogen-bond acceptors (Lipinski definition) is 2. The summed E-state index contributed by atoms with van der Waals surface area (Å²) < 4.78 is 0. The van der Waals surface area contributed by atoms with E-state index in [1.165, 1.54) is 36.8 Å². The lowest BCUT2D eigenvalue weighted by atomic mass is 9.84. The van der Waals surface area contributed by atoms with Crippen molar-refractivity contribution in [2.75, 3.05) is 19.6 Å². The molecule has 3 nitrogen and oxygen atoms in total. The van der Waals surface area contributed by atoms with Crippen molar-refractivity contribution >= 4 is 5.91 Å². The second-order valence-corrected chi connectivity index (χ2v) is 7.84. The number of piperidine rings is 2. The van der Waals surface area contributed by atoms with Crippen LogP contribution in [0, 0.1) is 0 Å². The molecule has 1 aromatic rings. The molecule has 2 aliphatic heterocycles. The van der Waals surface area contributed by atoms with E-state index in [0.29, 0.717) is 30.2 Å². The molecular formula is C21H32N2O. The molecular weight excluding hydrogens is 296 g/mol. The van der Waals surface area contributed by atoms with E-state index in [2.05, 4.69) is 48.3 Å². The van der Waals surface area contributed by atoms with E-state index in [1.807, 2.05) is 0 Å². The van der Waals surface area contributed by atoms with Crippen LogP contribution in [-0.4, -0.2) is 36.5 Å². The summed E-state index contributed by atoms with van der Waals surface area (Å²) in [4.78, 5) is 14.6. The lowest BCUT2D eigenvalue weighted by molar-refractivity contribution is -0.132. The second-order valence-electron chi connectivity index (χ2n) is 7.84. The summed E-state index contributed by atoms with van der Waals surface area (Å²) in [6, 6.07) is 9.41. The maximum atomic E-state index is 12.5. The molecule has 2 saturated heterocycles. The van der Waals surface area contributed by atoms with Gasteiger partial charge in [-0.2, -0.15) is 0 Å². The van der Waals surface area contributed by atoms with Crippen LogP contribution < -0.4 is 5.32 Å². The van der Waals surface area contributed by atoms with Crippen molar-refractivity contribution in [2.45, 2.75) is 70.3 Å². The smallest absolute Gasteiger partial charge is 0.224 e. The summed E-state index contributed by atoms with van der Waals surface area (Å²) in [5, 5.41) is 3.58. The molecule has 3 rings (SSSR count). The lowest BCUT2D eigenvalue weighted by Crippen LogP contribution is -2.43. The van der Waals surface area contributed by atoms with Gasteiger partial charge < -0.3 is 10.2 Å². The standard InChI is InChI=1S/C21H32N2O/c1-16(2)17-7-6-8-18(13-17)19-9-10-22-20(14-19)15-21(24)23-11-4-3-5-12-23/h6-8,13,16,19-20,22H,3-5,9-12,14-15H2,1-2H3/t19?,20-/m0/s1. The van der Waals surface area contributed by atoms with E-state index >= 15 is 0 Å². The van der Waals surface area contributed by atoms with Crippen LogP contribution in [0.25, 0.3) is 0 Å². The molecule has 132 valence electrons. The molecule has 2 fully saturated rings. The molecule has 2 aliphatic rings. The SMILES string of the molecule is CC(C)c1cccc(C2CCN[C@H](CC(=O)N3CCCCC3)C2)c1. The average Bonchev–Trinajstić information content (AvgIpc) is 2.63. The first-order valence-corrected chi connectivity index (χ1v) is 9.74. The fraction of sp³-hybridized carbons (Fsp3) is 0.667. The monoisotopic (exact) mass is 328 g/mol. The van der Waals surface area contributed by atoms with Gasteiger partial charge >= 0.3 is 0 Å². The van der Waals surface area contributed by atoms with Crippen molar-refractivity contribution in [3.8, 4) is 0 Å². The number of rotatable bonds is 4. The zero-order valence-electron chi connectivity index (χ0n) is 15.3. The van der Waals surface area contributed by atoms with Crippen molar-refractivity contribution in [1.82, 2.24) is 10.2 Å². The van der Waals surface area contributed by atoms with Crippen molar-refractivity contribution in [3.05, 3.63) is 35.4 Å². The van der Waals surface area contributed by atoms with Crippen LogP contribution >= 0.6 is 0 Å². The lowest BCUT2D eigenvalue weighted by Gasteiger charge is -2.33. The highest BCUT2D eigenvalue weighted by molar-refractivity contribution is 5.77. The molecule has 0 aromatic heterocycles. The van der Waals surface area contributed by atoms with Crippen molar-refractivity contribution in [1.29, 1.82) is 0 Å². The molecule has 0 radical (unpaired) electrons. The number of nitrogens with one attached hydrogen (secondary N) is 1. The third kappa shape index (κ3) is 4.38. The van der Waals surface area contributed by atoms with Crippen LogP contribution in [-0.2, 0) is 4.79 Å². The number of hydrogen-bond donors (Lipinski definition) is 1. The van der Waals surface area contributed by atoms with Gasteiger partial charge in [-0.15, -0.1) is 0 Å². The molecule has 2 heterocycles. The van der Waals surface area contributed by atoms with E-state index in [1.54, 1.807) is 0 Å². The van der Waals surface area contributed by atoms with Gasteiger partial charge in [0.15, 0.2) is 0 Å². The fourth-order valence-corrected chi connectivity index (χ4v) is 4.12. The van der Waals surface area contributed by atoms with Crippen LogP contribution in [0.4, 0.5) is 0 Å². The fourth-order valence-electron chi connectivity index (χ4n) is 4.12. The van der Waals surface area contributed by atoms with E-state index in [-0.39, 0.29) is 0 Å². The predicted molar refractivity (Wildman–Crippen MR) is 99.3 cm³/mol. The van der Waals surface area contributed by atoms with Crippen LogP contribution in [0.3, 0.4) is 0 Å². The van der Waals surface area contributed by atoms with E-state index in [4.69, 9.17) is 0 Å². The molecule has 2 atom stereocenters. The van der Waals surface area contributed by atoms with Crippen molar-refractivity contribution in [2.24, 2.45) is 0 Å². The van der Waals surface area contributed by atoms with Gasteiger partial charge in [-0.25, -0.2) is 0 Å². The second kappa shape index (κ2) is 8.15. The number of carbonyl (C=O) groups excluding carboxylic acids is 1. The summed E-state index contributed by atoms with van der Waals surface area (Å²) in [6.45, 7) is 7.45. The third-order valence-electron chi connectivity index (χ3n) is 5.67. The summed E-state index contributed by atoms with van der Waals surface area (Å²) in [5.74, 6) is 1.51. The molecule has 1 N–H and O–H groups in total. The Hall–Kier alpha value is -1.35. The Kier molecular flexibility index (Phi) is 5.94. The topological polar surface area (TPSA) is 32.3 Å². The van der Waals surface area contributed by atoms with Gasteiger partial charge in [-0.05, 0) is 61.6 Å². The molecule has 0 saturated carbocycles. The Labute approximate surface area is 146 Å². The van der Waals surface area contributed by atoms with Gasteiger partial charge in [-0.3, -0.25) is 4.79 Å². The summed E-state index contributed by atoms with van der Waals surface area (Å²) in [7, 11) is 0. The number of amides is 1. The predicted octanol–water partition coefficient (Wildman–Crippen LogP) is 4.05. The highest BCUT2D eigenvalue weighted by atomic mass is 16.2. The maximum Gasteiger partial charge on any atom is 0.224 e. The van der Waals surface area contributed by atoms with Gasteiger partial charge in [0.1, 0.15) is 0 Å². The molecule has 0 bridgehead atoms. The highest BCUT2D eigenvalue weighted by Gasteiger charge is 2.27. The Bertz CT molecular complexity index is 549. The molecule has 1 amide bonds. The number of benzene rings is 1. The van der Waals surface area contributed by atoms with E-state index in [0.717, 1.165) is 26.1 Å². The molecule has 3 heteroatoms. The van der Waals surface area contributed by atoms with E-state index in [9.17, 15) is 4.79 Å². The van der Waals surface area contributed by atoms with Gasteiger partial charge in [0.05, 0.1) is 0 Å². The van der Waals surface area contributed by atoms with Gasteiger partial charge in [0.2, 0.25) is 5.91 Å². The summed E-state index contributed by atoms with van der Waals surface area (Å²) >= 11 is 0. The Morgan fingerprint density at radius 1 is 1.25 bits per heavy atom. The number of carbonyl (C=O) groups is 1. The quantitative estimate of drug-likeness (QED) is 0.904. The van der Waals surface area contributed by atoms with E-state index < -0.39 is 0 Å². The van der Waals surface area contributed by atoms with Crippen LogP contribution in [0.1, 0.15) is 75.3 Å². The first-order chi connectivity index (χ1) is 11.6. The zero-order valence-corrected chi connectivity index (χ0v) is 15.3. The number of likely N-dealkylation sites (tertiary alicyclic amines) is 1.